The lowest BCUT2D eigenvalue weighted by Gasteiger charge is -2.39. The van der Waals surface area contributed by atoms with E-state index >= 15 is 0 Å². The van der Waals surface area contributed by atoms with Gasteiger partial charge in [-0.2, -0.15) is 0 Å². The molecule has 1 aliphatic rings. The van der Waals surface area contributed by atoms with Crippen molar-refractivity contribution in [3.05, 3.63) is 35.4 Å². The molecule has 1 aromatic rings. The molecule has 1 saturated heterocycles. The Balaban J connectivity index is 2.01. The van der Waals surface area contributed by atoms with Crippen LogP contribution in [0, 0.1) is 5.92 Å². The lowest BCUT2D eigenvalue weighted by molar-refractivity contribution is -0.0279. The molecule has 140 valence electrons. The molecule has 1 amide bonds. The third-order valence-corrected chi connectivity index (χ3v) is 4.84. The number of rotatable bonds is 6. The fourth-order valence-electron chi connectivity index (χ4n) is 3.26. The fraction of sp³-hybridized carbons (Fsp3) is 0.650. The second kappa shape index (κ2) is 7.85. The minimum absolute atomic E-state index is 0.122. The monoisotopic (exact) mass is 348 g/mol. The minimum atomic E-state index is -0.813. The van der Waals surface area contributed by atoms with Crippen LogP contribution in [0.2, 0.25) is 0 Å². The van der Waals surface area contributed by atoms with Crippen molar-refractivity contribution in [1.29, 1.82) is 0 Å². The molecule has 25 heavy (non-hydrogen) atoms. The Kier molecular flexibility index (Phi) is 6.25. The van der Waals surface area contributed by atoms with Gasteiger partial charge in [-0.25, -0.2) is 0 Å². The Morgan fingerprint density at radius 2 is 1.80 bits per heavy atom. The molecule has 0 radical (unpaired) electrons. The van der Waals surface area contributed by atoms with E-state index in [1.807, 2.05) is 12.1 Å². The summed E-state index contributed by atoms with van der Waals surface area (Å²) in [6.45, 7) is 10.7. The fourth-order valence-corrected chi connectivity index (χ4v) is 3.26. The van der Waals surface area contributed by atoms with Crippen molar-refractivity contribution < 1.29 is 15.0 Å². The van der Waals surface area contributed by atoms with Crippen LogP contribution < -0.4 is 5.32 Å². The van der Waals surface area contributed by atoms with E-state index in [9.17, 15) is 15.0 Å². The molecule has 3 N–H and O–H groups in total. The molecule has 0 saturated carbocycles. The van der Waals surface area contributed by atoms with Gasteiger partial charge in [-0.1, -0.05) is 26.0 Å². The van der Waals surface area contributed by atoms with Crippen LogP contribution in [0.5, 0.6) is 0 Å². The van der Waals surface area contributed by atoms with Crippen molar-refractivity contribution in [2.75, 3.05) is 26.2 Å². The third-order valence-electron chi connectivity index (χ3n) is 4.84. The van der Waals surface area contributed by atoms with Gasteiger partial charge in [0.1, 0.15) is 0 Å². The van der Waals surface area contributed by atoms with Gasteiger partial charge >= 0.3 is 0 Å². The van der Waals surface area contributed by atoms with E-state index in [2.05, 4.69) is 24.1 Å². The molecule has 1 aliphatic heterocycles. The molecular weight excluding hydrogens is 316 g/mol. The quantitative estimate of drug-likeness (QED) is 0.736. The lowest BCUT2D eigenvalue weighted by Crippen LogP contribution is -2.46. The first-order chi connectivity index (χ1) is 11.6. The molecule has 1 heterocycles. The summed E-state index contributed by atoms with van der Waals surface area (Å²) in [5, 5.41) is 23.0. The second-order valence-electron chi connectivity index (χ2n) is 8.30. The van der Waals surface area contributed by atoms with Gasteiger partial charge in [0.25, 0.3) is 5.91 Å². The van der Waals surface area contributed by atoms with Crippen molar-refractivity contribution in [2.45, 2.75) is 51.7 Å². The van der Waals surface area contributed by atoms with Crippen LogP contribution >= 0.6 is 0 Å². The maximum absolute atomic E-state index is 12.2. The normalized spacial score (nSPS) is 18.4. The first kappa shape index (κ1) is 19.9. The second-order valence-corrected chi connectivity index (χ2v) is 8.30. The molecule has 0 atom stereocenters. The van der Waals surface area contributed by atoms with Gasteiger partial charge in [-0.3, -0.25) is 4.79 Å². The van der Waals surface area contributed by atoms with Crippen LogP contribution in [0.3, 0.4) is 0 Å². The number of aliphatic hydroxyl groups is 2. The van der Waals surface area contributed by atoms with Gasteiger partial charge in [-0.05, 0) is 50.3 Å². The Hall–Kier alpha value is -1.43. The summed E-state index contributed by atoms with van der Waals surface area (Å²) in [5.74, 6) is 0.413. The van der Waals surface area contributed by atoms with Gasteiger partial charge in [0.15, 0.2) is 0 Å². The summed E-state index contributed by atoms with van der Waals surface area (Å²) in [6, 6.07) is 7.19. The predicted molar refractivity (Wildman–Crippen MR) is 99.5 cm³/mol. The van der Waals surface area contributed by atoms with E-state index in [1.165, 1.54) is 0 Å². The lowest BCUT2D eigenvalue weighted by atomic mass is 9.84. The van der Waals surface area contributed by atoms with E-state index in [4.69, 9.17) is 0 Å². The number of piperidine rings is 1. The number of nitrogens with one attached hydrogen (secondary N) is 1. The van der Waals surface area contributed by atoms with Gasteiger partial charge in [0, 0.05) is 25.2 Å². The van der Waals surface area contributed by atoms with Gasteiger partial charge < -0.3 is 20.4 Å². The van der Waals surface area contributed by atoms with E-state index in [1.54, 1.807) is 26.0 Å². The molecular formula is C20H32N2O3. The molecule has 0 unspecified atom stereocenters. The maximum atomic E-state index is 12.2. The number of nitrogens with zero attached hydrogens (tertiary/aromatic N) is 1. The molecule has 0 aromatic heterocycles. The van der Waals surface area contributed by atoms with E-state index < -0.39 is 11.1 Å². The molecule has 5 nitrogen and oxygen atoms in total. The topological polar surface area (TPSA) is 72.8 Å². The number of hydrogen-bond acceptors (Lipinski definition) is 4. The molecule has 2 rings (SSSR count). The molecule has 0 aliphatic carbocycles. The highest BCUT2D eigenvalue weighted by Crippen LogP contribution is 2.33. The molecule has 1 aromatic carbocycles. The van der Waals surface area contributed by atoms with Crippen molar-refractivity contribution in [2.24, 2.45) is 5.92 Å². The number of benzene rings is 1. The average Bonchev–Trinajstić information content (AvgIpc) is 2.56. The zero-order valence-corrected chi connectivity index (χ0v) is 15.9. The van der Waals surface area contributed by atoms with Crippen molar-refractivity contribution in [3.8, 4) is 0 Å². The molecule has 0 bridgehead atoms. The predicted octanol–water partition coefficient (Wildman–Crippen LogP) is 2.13. The molecule has 0 spiro atoms. The molecule has 1 fully saturated rings. The summed E-state index contributed by atoms with van der Waals surface area (Å²) in [6.07, 6.45) is 1.42. The largest absolute Gasteiger partial charge is 0.394 e. The number of hydrogen-bond donors (Lipinski definition) is 3. The Bertz CT molecular complexity index is 573. The molecule has 5 heteroatoms. The van der Waals surface area contributed by atoms with Crippen LogP contribution in [-0.2, 0) is 5.60 Å². The zero-order valence-electron chi connectivity index (χ0n) is 15.9. The van der Waals surface area contributed by atoms with Gasteiger partial charge in [-0.15, -0.1) is 0 Å². The van der Waals surface area contributed by atoms with Crippen LogP contribution in [-0.4, -0.2) is 52.8 Å². The first-order valence-electron chi connectivity index (χ1n) is 9.14. The number of amides is 1. The Morgan fingerprint density at radius 1 is 1.24 bits per heavy atom. The maximum Gasteiger partial charge on any atom is 0.251 e. The van der Waals surface area contributed by atoms with E-state index in [0.29, 0.717) is 24.3 Å². The van der Waals surface area contributed by atoms with Crippen molar-refractivity contribution in [1.82, 2.24) is 10.2 Å². The standard InChI is InChI=1S/C20H32N2O3/c1-15(2)13-22-11-9-20(25,10-12-22)17-7-5-16(6-8-17)18(24)21-19(3,4)14-23/h5-8,15,23,25H,9-14H2,1-4H3,(H,21,24). The number of likely N-dealkylation sites (tertiary alicyclic amines) is 1. The highest BCUT2D eigenvalue weighted by Gasteiger charge is 2.34. The summed E-state index contributed by atoms with van der Waals surface area (Å²) in [4.78, 5) is 14.6. The zero-order chi connectivity index (χ0) is 18.7. The number of aliphatic hydroxyl groups excluding tert-OH is 1. The van der Waals surface area contributed by atoms with Crippen LogP contribution in [0.4, 0.5) is 0 Å². The van der Waals surface area contributed by atoms with E-state index in [0.717, 1.165) is 25.2 Å². The van der Waals surface area contributed by atoms with Crippen molar-refractivity contribution >= 4 is 5.91 Å². The number of carbonyl (C=O) groups is 1. The highest BCUT2D eigenvalue weighted by atomic mass is 16.3. The van der Waals surface area contributed by atoms with E-state index in [-0.39, 0.29) is 12.5 Å². The SMILES string of the molecule is CC(C)CN1CCC(O)(c2ccc(C(=O)NC(C)(C)CO)cc2)CC1. The summed E-state index contributed by atoms with van der Waals surface area (Å²) in [5.41, 5.74) is -0.0647. The van der Waals surface area contributed by atoms with Crippen LogP contribution in [0.1, 0.15) is 56.5 Å². The van der Waals surface area contributed by atoms with Crippen LogP contribution in [0.25, 0.3) is 0 Å². The van der Waals surface area contributed by atoms with Gasteiger partial charge in [0.2, 0.25) is 0 Å². The summed E-state index contributed by atoms with van der Waals surface area (Å²) < 4.78 is 0. The summed E-state index contributed by atoms with van der Waals surface area (Å²) in [7, 11) is 0. The van der Waals surface area contributed by atoms with Crippen molar-refractivity contribution in [3.63, 3.8) is 0 Å². The Morgan fingerprint density at radius 3 is 2.28 bits per heavy atom. The Labute approximate surface area is 151 Å². The smallest absolute Gasteiger partial charge is 0.251 e. The number of carbonyl (C=O) groups excluding carboxylic acids is 1. The average molecular weight is 348 g/mol. The minimum Gasteiger partial charge on any atom is -0.394 e. The van der Waals surface area contributed by atoms with Gasteiger partial charge in [0.05, 0.1) is 17.7 Å². The highest BCUT2D eigenvalue weighted by molar-refractivity contribution is 5.94. The van der Waals surface area contributed by atoms with Crippen LogP contribution in [0.15, 0.2) is 24.3 Å². The first-order valence-corrected chi connectivity index (χ1v) is 9.14. The summed E-state index contributed by atoms with van der Waals surface area (Å²) >= 11 is 0. The third kappa shape index (κ3) is 5.27.